The second-order valence-corrected chi connectivity index (χ2v) is 6.42. The lowest BCUT2D eigenvalue weighted by molar-refractivity contribution is -0.386. The molecule has 0 aliphatic heterocycles. The number of benzene rings is 1. The van der Waals surface area contributed by atoms with Crippen LogP contribution < -0.4 is 4.74 Å². The predicted molar refractivity (Wildman–Crippen MR) is 83.5 cm³/mol. The number of nitrogens with zero attached hydrogens (tertiary/aromatic N) is 1. The Hall–Kier alpha value is -1.14. The summed E-state index contributed by atoms with van der Waals surface area (Å²) in [4.78, 5) is 10.8. The summed E-state index contributed by atoms with van der Waals surface area (Å²) in [5.41, 5.74) is 0.366. The van der Waals surface area contributed by atoms with E-state index in [0.717, 1.165) is 25.7 Å². The Labute approximate surface area is 132 Å². The molecule has 1 aliphatic carbocycles. The lowest BCUT2D eigenvalue weighted by atomic mass is 10.1. The smallest absolute Gasteiger partial charge is 0.312 e. The second-order valence-electron chi connectivity index (χ2n) is 5.51. The van der Waals surface area contributed by atoms with Crippen LogP contribution in [0.3, 0.4) is 0 Å². The fraction of sp³-hybridized carbons (Fsp3) is 0.600. The Morgan fingerprint density at radius 1 is 1.33 bits per heavy atom. The standard InChI is InChI=1S/C15H20BrNO4/c1-10(18)13-8-11(16)9-14(17(19)20)15(13)21-12-6-4-2-3-5-7-12/h8-10,12,18H,2-7H2,1H3/t10-/m0/s1. The molecule has 1 aromatic rings. The number of aliphatic hydroxyl groups excluding tert-OH is 1. The summed E-state index contributed by atoms with van der Waals surface area (Å²) in [6.45, 7) is 1.59. The third-order valence-corrected chi connectivity index (χ3v) is 4.25. The normalized spacial score (nSPS) is 18.0. The fourth-order valence-electron chi connectivity index (χ4n) is 2.70. The maximum Gasteiger partial charge on any atom is 0.312 e. The average Bonchev–Trinajstić information content (AvgIpc) is 2.68. The highest BCUT2D eigenvalue weighted by Crippen LogP contribution is 2.39. The zero-order chi connectivity index (χ0) is 15.4. The largest absolute Gasteiger partial charge is 0.483 e. The lowest BCUT2D eigenvalue weighted by Crippen LogP contribution is -2.17. The van der Waals surface area contributed by atoms with Gasteiger partial charge in [-0.1, -0.05) is 28.8 Å². The van der Waals surface area contributed by atoms with E-state index in [4.69, 9.17) is 4.74 Å². The van der Waals surface area contributed by atoms with Crippen molar-refractivity contribution in [3.05, 3.63) is 32.3 Å². The minimum atomic E-state index is -0.818. The number of hydrogen-bond donors (Lipinski definition) is 1. The summed E-state index contributed by atoms with van der Waals surface area (Å²) < 4.78 is 6.52. The van der Waals surface area contributed by atoms with Crippen molar-refractivity contribution >= 4 is 21.6 Å². The van der Waals surface area contributed by atoms with Gasteiger partial charge in [0.25, 0.3) is 0 Å². The Morgan fingerprint density at radius 3 is 2.48 bits per heavy atom. The van der Waals surface area contributed by atoms with Crippen LogP contribution in [0.15, 0.2) is 16.6 Å². The van der Waals surface area contributed by atoms with Gasteiger partial charge in [-0.25, -0.2) is 0 Å². The molecule has 1 atom stereocenters. The number of ether oxygens (including phenoxy) is 1. The highest BCUT2D eigenvalue weighted by molar-refractivity contribution is 9.10. The van der Waals surface area contributed by atoms with Crippen LogP contribution >= 0.6 is 15.9 Å². The van der Waals surface area contributed by atoms with E-state index in [1.165, 1.54) is 18.9 Å². The average molecular weight is 358 g/mol. The first-order valence-corrected chi connectivity index (χ1v) is 8.11. The number of hydrogen-bond acceptors (Lipinski definition) is 4. The summed E-state index contributed by atoms with van der Waals surface area (Å²) in [5, 5.41) is 21.2. The van der Waals surface area contributed by atoms with E-state index in [1.54, 1.807) is 13.0 Å². The van der Waals surface area contributed by atoms with Gasteiger partial charge in [-0.3, -0.25) is 10.1 Å². The molecule has 1 N–H and O–H groups in total. The zero-order valence-corrected chi connectivity index (χ0v) is 13.6. The van der Waals surface area contributed by atoms with Gasteiger partial charge in [0, 0.05) is 16.1 Å². The Balaban J connectivity index is 2.36. The third-order valence-electron chi connectivity index (χ3n) is 3.80. The van der Waals surface area contributed by atoms with Crippen molar-refractivity contribution < 1.29 is 14.8 Å². The van der Waals surface area contributed by atoms with Crippen LogP contribution in [0.25, 0.3) is 0 Å². The van der Waals surface area contributed by atoms with E-state index in [0.29, 0.717) is 10.0 Å². The summed E-state index contributed by atoms with van der Waals surface area (Å²) >= 11 is 3.25. The van der Waals surface area contributed by atoms with Crippen molar-refractivity contribution in [3.8, 4) is 5.75 Å². The van der Waals surface area contributed by atoms with Crippen LogP contribution in [-0.4, -0.2) is 16.1 Å². The number of nitro benzene ring substituents is 1. The van der Waals surface area contributed by atoms with E-state index in [2.05, 4.69) is 15.9 Å². The maximum atomic E-state index is 11.3. The van der Waals surface area contributed by atoms with Gasteiger partial charge in [0.15, 0.2) is 0 Å². The van der Waals surface area contributed by atoms with E-state index in [-0.39, 0.29) is 17.5 Å². The van der Waals surface area contributed by atoms with Gasteiger partial charge in [0.1, 0.15) is 0 Å². The van der Waals surface area contributed by atoms with Gasteiger partial charge in [-0.05, 0) is 38.7 Å². The summed E-state index contributed by atoms with van der Waals surface area (Å²) in [6, 6.07) is 3.11. The molecule has 6 heteroatoms. The van der Waals surface area contributed by atoms with Gasteiger partial charge in [-0.2, -0.15) is 0 Å². The quantitative estimate of drug-likeness (QED) is 0.488. The molecule has 0 unspecified atom stereocenters. The molecule has 0 amide bonds. The molecule has 2 rings (SSSR count). The van der Waals surface area contributed by atoms with Crippen molar-refractivity contribution in [2.24, 2.45) is 0 Å². The molecule has 0 bridgehead atoms. The van der Waals surface area contributed by atoms with Gasteiger partial charge >= 0.3 is 5.69 Å². The zero-order valence-electron chi connectivity index (χ0n) is 12.0. The number of halogens is 1. The molecule has 5 nitrogen and oxygen atoms in total. The molecule has 1 aromatic carbocycles. The van der Waals surface area contributed by atoms with Gasteiger partial charge in [0.2, 0.25) is 5.75 Å². The van der Waals surface area contributed by atoms with Crippen LogP contribution in [0.4, 0.5) is 5.69 Å². The van der Waals surface area contributed by atoms with Crippen molar-refractivity contribution in [2.45, 2.75) is 57.7 Å². The molecule has 116 valence electrons. The van der Waals surface area contributed by atoms with E-state index in [1.807, 2.05) is 0 Å². The lowest BCUT2D eigenvalue weighted by Gasteiger charge is -2.20. The highest BCUT2D eigenvalue weighted by Gasteiger charge is 2.26. The summed E-state index contributed by atoms with van der Waals surface area (Å²) in [6.07, 6.45) is 5.53. The first-order chi connectivity index (χ1) is 9.99. The number of rotatable bonds is 4. The van der Waals surface area contributed by atoms with E-state index in [9.17, 15) is 15.2 Å². The monoisotopic (exact) mass is 357 g/mol. The number of nitro groups is 1. The van der Waals surface area contributed by atoms with Gasteiger partial charge in [0.05, 0.1) is 17.1 Å². The molecular formula is C15H20BrNO4. The van der Waals surface area contributed by atoms with Crippen LogP contribution in [-0.2, 0) is 0 Å². The number of aliphatic hydroxyl groups is 1. The minimum Gasteiger partial charge on any atom is -0.483 e. The first-order valence-electron chi connectivity index (χ1n) is 7.31. The molecule has 0 saturated heterocycles. The fourth-order valence-corrected chi connectivity index (χ4v) is 3.16. The second kappa shape index (κ2) is 7.22. The molecular weight excluding hydrogens is 338 g/mol. The molecule has 0 aromatic heterocycles. The molecule has 1 fully saturated rings. The van der Waals surface area contributed by atoms with Crippen molar-refractivity contribution in [3.63, 3.8) is 0 Å². The third kappa shape index (κ3) is 4.17. The van der Waals surface area contributed by atoms with E-state index >= 15 is 0 Å². The molecule has 0 spiro atoms. The molecule has 0 heterocycles. The van der Waals surface area contributed by atoms with Gasteiger partial charge in [-0.15, -0.1) is 0 Å². The van der Waals surface area contributed by atoms with Crippen LogP contribution in [0.5, 0.6) is 5.75 Å². The van der Waals surface area contributed by atoms with Crippen molar-refractivity contribution in [2.75, 3.05) is 0 Å². The molecule has 1 saturated carbocycles. The maximum absolute atomic E-state index is 11.3. The van der Waals surface area contributed by atoms with Crippen LogP contribution in [0.1, 0.15) is 57.1 Å². The summed E-state index contributed by atoms with van der Waals surface area (Å²) in [5.74, 6) is 0.213. The van der Waals surface area contributed by atoms with Crippen LogP contribution in [0.2, 0.25) is 0 Å². The van der Waals surface area contributed by atoms with Crippen molar-refractivity contribution in [1.29, 1.82) is 0 Å². The highest BCUT2D eigenvalue weighted by atomic mass is 79.9. The molecule has 21 heavy (non-hydrogen) atoms. The molecule has 0 radical (unpaired) electrons. The van der Waals surface area contributed by atoms with E-state index < -0.39 is 11.0 Å². The first kappa shape index (κ1) is 16.2. The van der Waals surface area contributed by atoms with Gasteiger partial charge < -0.3 is 9.84 Å². The Morgan fingerprint density at radius 2 is 1.95 bits per heavy atom. The summed E-state index contributed by atoms with van der Waals surface area (Å²) in [7, 11) is 0. The SMILES string of the molecule is C[C@H](O)c1cc(Br)cc([N+](=O)[O-])c1OC1CCCCCC1. The predicted octanol–water partition coefficient (Wildman–Crippen LogP) is 4.51. The Bertz CT molecular complexity index is 511. The Kier molecular flexibility index (Phi) is 5.58. The van der Waals surface area contributed by atoms with Crippen molar-refractivity contribution in [1.82, 2.24) is 0 Å². The minimum absolute atomic E-state index is 0.00937. The van der Waals surface area contributed by atoms with Crippen LogP contribution in [0, 0.1) is 10.1 Å². The molecule has 1 aliphatic rings. The topological polar surface area (TPSA) is 72.6 Å².